The lowest BCUT2D eigenvalue weighted by Crippen LogP contribution is -2.35. The molecule has 25 heavy (non-hydrogen) atoms. The minimum absolute atomic E-state index is 0.101. The van der Waals surface area contributed by atoms with E-state index in [0.717, 1.165) is 28.6 Å². The molecule has 0 fully saturated rings. The first kappa shape index (κ1) is 15.7. The molecule has 1 aliphatic rings. The number of benzene rings is 2. The number of carbonyl (C=O) groups is 1. The van der Waals surface area contributed by atoms with Crippen LogP contribution in [0.2, 0.25) is 5.02 Å². The summed E-state index contributed by atoms with van der Waals surface area (Å²) in [4.78, 5) is 28.3. The summed E-state index contributed by atoms with van der Waals surface area (Å²) < 4.78 is 0. The summed E-state index contributed by atoms with van der Waals surface area (Å²) in [5.41, 5.74) is 3.50. The van der Waals surface area contributed by atoms with Gasteiger partial charge in [0.1, 0.15) is 0 Å². The predicted octanol–water partition coefficient (Wildman–Crippen LogP) is 3.93. The first-order valence-electron chi connectivity index (χ1n) is 7.86. The molecule has 2 aromatic carbocycles. The van der Waals surface area contributed by atoms with Crippen LogP contribution in [-0.2, 0) is 13.0 Å². The Morgan fingerprint density at radius 2 is 2.04 bits per heavy atom. The minimum atomic E-state index is -0.529. The Hall–Kier alpha value is -2.86. The summed E-state index contributed by atoms with van der Waals surface area (Å²) in [6.07, 6.45) is 0.736. The number of para-hydroxylation sites is 1. The van der Waals surface area contributed by atoms with Gasteiger partial charge in [-0.25, -0.2) is 0 Å². The molecule has 0 aliphatic carbocycles. The van der Waals surface area contributed by atoms with Crippen LogP contribution in [0.3, 0.4) is 0 Å². The van der Waals surface area contributed by atoms with E-state index in [1.165, 1.54) is 18.2 Å². The van der Waals surface area contributed by atoms with Crippen molar-refractivity contribution in [1.82, 2.24) is 9.88 Å². The fourth-order valence-electron chi connectivity index (χ4n) is 3.30. The van der Waals surface area contributed by atoms with Crippen LogP contribution in [0.25, 0.3) is 10.9 Å². The third-order valence-corrected chi connectivity index (χ3v) is 4.88. The normalized spacial score (nSPS) is 13.7. The SMILES string of the molecule is O=C(c1ccc([N+](=O)[O-])cc1Cl)N1CCc2[nH]c3ccccc3c2C1. The lowest BCUT2D eigenvalue weighted by Gasteiger charge is -2.27. The number of nitrogens with one attached hydrogen (secondary N) is 1. The van der Waals surface area contributed by atoms with Gasteiger partial charge in [0, 0.05) is 53.8 Å². The predicted molar refractivity (Wildman–Crippen MR) is 94.8 cm³/mol. The summed E-state index contributed by atoms with van der Waals surface area (Å²) in [5.74, 6) is -0.212. The number of rotatable bonds is 2. The highest BCUT2D eigenvalue weighted by Gasteiger charge is 2.26. The molecule has 1 N–H and O–H groups in total. The summed E-state index contributed by atoms with van der Waals surface area (Å²) in [7, 11) is 0. The Labute approximate surface area is 148 Å². The Morgan fingerprint density at radius 1 is 1.24 bits per heavy atom. The largest absolute Gasteiger partial charge is 0.358 e. The molecule has 1 amide bonds. The Balaban J connectivity index is 1.65. The smallest absolute Gasteiger partial charge is 0.270 e. The number of aromatic nitrogens is 1. The van der Waals surface area contributed by atoms with E-state index in [9.17, 15) is 14.9 Å². The molecule has 0 saturated heterocycles. The fourth-order valence-corrected chi connectivity index (χ4v) is 3.56. The van der Waals surface area contributed by atoms with Crippen LogP contribution in [-0.4, -0.2) is 27.3 Å². The lowest BCUT2D eigenvalue weighted by molar-refractivity contribution is -0.384. The average Bonchev–Trinajstić information content (AvgIpc) is 2.98. The summed E-state index contributed by atoms with van der Waals surface area (Å²) in [5, 5.41) is 12.0. The number of non-ortho nitro benzene ring substituents is 1. The molecule has 0 bridgehead atoms. The quantitative estimate of drug-likeness (QED) is 0.558. The molecule has 1 aliphatic heterocycles. The Morgan fingerprint density at radius 3 is 2.80 bits per heavy atom. The highest BCUT2D eigenvalue weighted by Crippen LogP contribution is 2.30. The van der Waals surface area contributed by atoms with Gasteiger partial charge in [-0.2, -0.15) is 0 Å². The van der Waals surface area contributed by atoms with E-state index in [2.05, 4.69) is 4.98 Å². The van der Waals surface area contributed by atoms with Gasteiger partial charge in [-0.1, -0.05) is 29.8 Å². The van der Waals surface area contributed by atoms with Gasteiger partial charge in [-0.15, -0.1) is 0 Å². The van der Waals surface area contributed by atoms with Gasteiger partial charge in [-0.3, -0.25) is 14.9 Å². The molecule has 6 nitrogen and oxygen atoms in total. The number of hydrogen-bond donors (Lipinski definition) is 1. The van der Waals surface area contributed by atoms with Crippen LogP contribution in [0.15, 0.2) is 42.5 Å². The van der Waals surface area contributed by atoms with E-state index in [1.807, 2.05) is 24.3 Å². The zero-order valence-electron chi connectivity index (χ0n) is 13.2. The number of hydrogen-bond acceptors (Lipinski definition) is 3. The molecule has 126 valence electrons. The van der Waals surface area contributed by atoms with Crippen LogP contribution < -0.4 is 0 Å². The van der Waals surface area contributed by atoms with E-state index in [-0.39, 0.29) is 22.2 Å². The van der Waals surface area contributed by atoms with Crippen molar-refractivity contribution in [3.8, 4) is 0 Å². The summed E-state index contributed by atoms with van der Waals surface area (Å²) in [6, 6.07) is 12.0. The second kappa shape index (κ2) is 5.89. The van der Waals surface area contributed by atoms with Crippen LogP contribution in [0.1, 0.15) is 21.6 Å². The monoisotopic (exact) mass is 355 g/mol. The van der Waals surface area contributed by atoms with Gasteiger partial charge >= 0.3 is 0 Å². The maximum atomic E-state index is 12.8. The Bertz CT molecular complexity index is 1010. The van der Waals surface area contributed by atoms with Crippen molar-refractivity contribution in [2.24, 2.45) is 0 Å². The fraction of sp³-hybridized carbons (Fsp3) is 0.167. The van der Waals surface area contributed by atoms with Crippen molar-refractivity contribution in [2.45, 2.75) is 13.0 Å². The first-order valence-corrected chi connectivity index (χ1v) is 8.24. The molecule has 0 radical (unpaired) electrons. The zero-order chi connectivity index (χ0) is 17.6. The number of H-pyrrole nitrogens is 1. The van der Waals surface area contributed by atoms with Gasteiger partial charge in [0.2, 0.25) is 0 Å². The van der Waals surface area contributed by atoms with Crippen molar-refractivity contribution < 1.29 is 9.72 Å². The van der Waals surface area contributed by atoms with Crippen molar-refractivity contribution in [2.75, 3.05) is 6.54 Å². The van der Waals surface area contributed by atoms with Crippen molar-refractivity contribution >= 4 is 34.1 Å². The van der Waals surface area contributed by atoms with Crippen molar-refractivity contribution in [1.29, 1.82) is 0 Å². The number of nitro benzene ring substituents is 1. The number of aromatic amines is 1. The third-order valence-electron chi connectivity index (χ3n) is 4.56. The molecule has 1 aromatic heterocycles. The molecule has 2 heterocycles. The van der Waals surface area contributed by atoms with Gasteiger partial charge < -0.3 is 9.88 Å². The highest BCUT2D eigenvalue weighted by atomic mass is 35.5. The standard InChI is InChI=1S/C18H14ClN3O3/c19-15-9-11(22(24)25)5-6-13(15)18(23)21-8-7-17-14(10-21)12-3-1-2-4-16(12)20-17/h1-6,9,20H,7-8,10H2. The third kappa shape index (κ3) is 2.64. The molecular formula is C18H14ClN3O3. The molecular weight excluding hydrogens is 342 g/mol. The van der Waals surface area contributed by atoms with E-state index >= 15 is 0 Å². The number of nitro groups is 1. The molecule has 0 unspecified atom stereocenters. The van der Waals surface area contributed by atoms with E-state index < -0.39 is 4.92 Å². The Kier molecular flexibility index (Phi) is 3.69. The van der Waals surface area contributed by atoms with Crippen LogP contribution >= 0.6 is 11.6 Å². The maximum Gasteiger partial charge on any atom is 0.270 e. The number of carbonyl (C=O) groups excluding carboxylic acids is 1. The second-order valence-electron chi connectivity index (χ2n) is 6.03. The maximum absolute atomic E-state index is 12.8. The molecule has 0 atom stereocenters. The molecule has 0 saturated carbocycles. The highest BCUT2D eigenvalue weighted by molar-refractivity contribution is 6.34. The van der Waals surface area contributed by atoms with E-state index in [4.69, 9.17) is 11.6 Å². The first-order chi connectivity index (χ1) is 12.0. The molecule has 4 rings (SSSR count). The number of fused-ring (bicyclic) bond motifs is 3. The number of halogens is 1. The summed E-state index contributed by atoms with van der Waals surface area (Å²) in [6.45, 7) is 1.07. The number of nitrogens with zero attached hydrogens (tertiary/aromatic N) is 2. The van der Waals surface area contributed by atoms with Gasteiger partial charge in [0.25, 0.3) is 11.6 Å². The van der Waals surface area contributed by atoms with Crippen molar-refractivity contribution in [3.63, 3.8) is 0 Å². The summed E-state index contributed by atoms with van der Waals surface area (Å²) >= 11 is 6.10. The van der Waals surface area contributed by atoms with Gasteiger partial charge in [0.15, 0.2) is 0 Å². The molecule has 0 spiro atoms. The second-order valence-corrected chi connectivity index (χ2v) is 6.43. The molecule has 7 heteroatoms. The van der Waals surface area contributed by atoms with Crippen LogP contribution in [0, 0.1) is 10.1 Å². The zero-order valence-corrected chi connectivity index (χ0v) is 13.9. The van der Waals surface area contributed by atoms with E-state index in [0.29, 0.717) is 13.1 Å². The lowest BCUT2D eigenvalue weighted by atomic mass is 10.0. The van der Waals surface area contributed by atoms with Gasteiger partial charge in [0.05, 0.1) is 15.5 Å². The van der Waals surface area contributed by atoms with Gasteiger partial charge in [-0.05, 0) is 12.1 Å². The van der Waals surface area contributed by atoms with Crippen LogP contribution in [0.4, 0.5) is 5.69 Å². The van der Waals surface area contributed by atoms with E-state index in [1.54, 1.807) is 4.90 Å². The average molecular weight is 356 g/mol. The van der Waals surface area contributed by atoms with Crippen molar-refractivity contribution in [3.05, 3.63) is 74.4 Å². The number of amides is 1. The minimum Gasteiger partial charge on any atom is -0.358 e. The van der Waals surface area contributed by atoms with Crippen LogP contribution in [0.5, 0.6) is 0 Å². The molecule has 3 aromatic rings. The topological polar surface area (TPSA) is 79.2 Å².